The van der Waals surface area contributed by atoms with Gasteiger partial charge < -0.3 is 14.2 Å². The maximum Gasteiger partial charge on any atom is 0.406 e. The second-order valence-corrected chi connectivity index (χ2v) is 5.43. The number of ether oxygens (including phenoxy) is 1. The molecule has 1 fully saturated rings. The Morgan fingerprint density at radius 2 is 2.18 bits per heavy atom. The van der Waals surface area contributed by atoms with E-state index in [1.165, 1.54) is 0 Å². The SMILES string of the molecule is C[C@H]1COCCN1c1nc(Cl)nc2c1ncn2CC(F)(F)F. The number of nitrogens with zero attached hydrogens (tertiary/aromatic N) is 5. The van der Waals surface area contributed by atoms with Crippen molar-refractivity contribution in [3.63, 3.8) is 0 Å². The van der Waals surface area contributed by atoms with Gasteiger partial charge in [0.2, 0.25) is 5.28 Å². The summed E-state index contributed by atoms with van der Waals surface area (Å²) < 4.78 is 44.1. The zero-order chi connectivity index (χ0) is 15.9. The molecule has 2 aromatic heterocycles. The van der Waals surface area contributed by atoms with E-state index >= 15 is 0 Å². The number of halogens is 4. The van der Waals surface area contributed by atoms with E-state index in [4.69, 9.17) is 16.3 Å². The van der Waals surface area contributed by atoms with Gasteiger partial charge in [0.25, 0.3) is 0 Å². The summed E-state index contributed by atoms with van der Waals surface area (Å²) in [5.41, 5.74) is 0.383. The third-order valence-electron chi connectivity index (χ3n) is 3.41. The lowest BCUT2D eigenvalue weighted by Gasteiger charge is -2.34. The van der Waals surface area contributed by atoms with E-state index in [1.807, 2.05) is 11.8 Å². The molecule has 0 aliphatic carbocycles. The van der Waals surface area contributed by atoms with Crippen LogP contribution in [-0.2, 0) is 11.3 Å². The monoisotopic (exact) mass is 335 g/mol. The second-order valence-electron chi connectivity index (χ2n) is 5.09. The average molecular weight is 336 g/mol. The van der Waals surface area contributed by atoms with Crippen molar-refractivity contribution < 1.29 is 17.9 Å². The van der Waals surface area contributed by atoms with E-state index in [2.05, 4.69) is 15.0 Å². The Morgan fingerprint density at radius 3 is 2.86 bits per heavy atom. The summed E-state index contributed by atoms with van der Waals surface area (Å²) in [5, 5.41) is -0.106. The van der Waals surface area contributed by atoms with Crippen molar-refractivity contribution in [2.75, 3.05) is 24.7 Å². The van der Waals surface area contributed by atoms with Crippen LogP contribution in [0.5, 0.6) is 0 Å². The fourth-order valence-electron chi connectivity index (χ4n) is 2.45. The van der Waals surface area contributed by atoms with Crippen LogP contribution < -0.4 is 4.90 Å². The van der Waals surface area contributed by atoms with Gasteiger partial charge in [-0.1, -0.05) is 0 Å². The molecular weight excluding hydrogens is 323 g/mol. The summed E-state index contributed by atoms with van der Waals surface area (Å²) in [4.78, 5) is 14.0. The summed E-state index contributed by atoms with van der Waals surface area (Å²) in [7, 11) is 0. The zero-order valence-corrected chi connectivity index (χ0v) is 12.4. The summed E-state index contributed by atoms with van der Waals surface area (Å²) >= 11 is 5.89. The molecule has 120 valence electrons. The number of alkyl halides is 3. The maximum atomic E-state index is 12.6. The zero-order valence-electron chi connectivity index (χ0n) is 11.6. The van der Waals surface area contributed by atoms with Crippen LogP contribution in [0.15, 0.2) is 6.33 Å². The lowest BCUT2D eigenvalue weighted by Crippen LogP contribution is -2.44. The largest absolute Gasteiger partial charge is 0.406 e. The molecule has 0 N–H and O–H groups in total. The van der Waals surface area contributed by atoms with Gasteiger partial charge in [0.05, 0.1) is 25.6 Å². The van der Waals surface area contributed by atoms with Crippen molar-refractivity contribution in [2.24, 2.45) is 0 Å². The minimum atomic E-state index is -4.36. The molecule has 0 radical (unpaired) electrons. The number of hydrogen-bond acceptors (Lipinski definition) is 5. The lowest BCUT2D eigenvalue weighted by molar-refractivity contribution is -0.140. The summed E-state index contributed by atoms with van der Waals surface area (Å²) in [6.45, 7) is 2.35. The summed E-state index contributed by atoms with van der Waals surface area (Å²) in [6, 6.07) is 0.0238. The molecule has 22 heavy (non-hydrogen) atoms. The van der Waals surface area contributed by atoms with Crippen molar-refractivity contribution in [1.82, 2.24) is 19.5 Å². The van der Waals surface area contributed by atoms with E-state index in [-0.39, 0.29) is 17.0 Å². The molecular formula is C12H13ClF3N5O. The van der Waals surface area contributed by atoms with Gasteiger partial charge in [-0.25, -0.2) is 4.98 Å². The van der Waals surface area contributed by atoms with Crippen molar-refractivity contribution in [2.45, 2.75) is 25.7 Å². The molecule has 0 unspecified atom stereocenters. The molecule has 1 aliphatic heterocycles. The van der Waals surface area contributed by atoms with Crippen molar-refractivity contribution in [3.8, 4) is 0 Å². The van der Waals surface area contributed by atoms with Crippen LogP contribution >= 0.6 is 11.6 Å². The first-order valence-corrected chi connectivity index (χ1v) is 7.02. The molecule has 0 bridgehead atoms. The van der Waals surface area contributed by atoms with Crippen molar-refractivity contribution in [3.05, 3.63) is 11.6 Å². The highest BCUT2D eigenvalue weighted by Gasteiger charge is 2.30. The first-order chi connectivity index (χ1) is 10.3. The van der Waals surface area contributed by atoms with Crippen LogP contribution in [0.3, 0.4) is 0 Å². The third kappa shape index (κ3) is 2.95. The van der Waals surface area contributed by atoms with Gasteiger partial charge in [0.15, 0.2) is 17.0 Å². The quantitative estimate of drug-likeness (QED) is 0.788. The molecule has 1 aliphatic rings. The summed E-state index contributed by atoms with van der Waals surface area (Å²) in [5.74, 6) is 0.437. The number of morpholine rings is 1. The predicted octanol–water partition coefficient (Wildman–Crippen LogP) is 2.27. The normalized spacial score (nSPS) is 19.9. The molecule has 0 amide bonds. The minimum absolute atomic E-state index is 0.0238. The van der Waals surface area contributed by atoms with Gasteiger partial charge in [-0.15, -0.1) is 0 Å². The molecule has 6 nitrogen and oxygen atoms in total. The Kier molecular flexibility index (Phi) is 3.85. The summed E-state index contributed by atoms with van der Waals surface area (Å²) in [6.07, 6.45) is -3.25. The second kappa shape index (κ2) is 5.54. The van der Waals surface area contributed by atoms with Gasteiger partial charge in [0, 0.05) is 6.54 Å². The number of rotatable bonds is 2. The Hall–Kier alpha value is -1.61. The minimum Gasteiger partial charge on any atom is -0.377 e. The molecule has 0 aromatic carbocycles. The molecule has 0 spiro atoms. The van der Waals surface area contributed by atoms with Gasteiger partial charge in [-0.3, -0.25) is 0 Å². The van der Waals surface area contributed by atoms with E-state index in [1.54, 1.807) is 0 Å². The van der Waals surface area contributed by atoms with E-state index < -0.39 is 12.7 Å². The van der Waals surface area contributed by atoms with Gasteiger partial charge in [-0.2, -0.15) is 23.1 Å². The Bertz CT molecular complexity index is 689. The van der Waals surface area contributed by atoms with E-state index in [0.29, 0.717) is 31.1 Å². The molecule has 3 heterocycles. The van der Waals surface area contributed by atoms with Gasteiger partial charge in [0.1, 0.15) is 6.54 Å². The predicted molar refractivity (Wildman–Crippen MR) is 74.0 cm³/mol. The average Bonchev–Trinajstić information content (AvgIpc) is 2.80. The van der Waals surface area contributed by atoms with Crippen molar-refractivity contribution >= 4 is 28.6 Å². The standard InChI is InChI=1S/C12H13ClF3N5O/c1-7-4-22-3-2-21(7)10-8-9(18-11(13)19-10)20(6-17-8)5-12(14,15)16/h6-7H,2-5H2,1H3/t7-/m0/s1. The topological polar surface area (TPSA) is 56.1 Å². The molecule has 3 rings (SSSR count). The van der Waals surface area contributed by atoms with Crippen LogP contribution in [0.4, 0.5) is 19.0 Å². The van der Waals surface area contributed by atoms with Crippen LogP contribution in [-0.4, -0.2) is 51.5 Å². The first-order valence-electron chi connectivity index (χ1n) is 6.64. The number of hydrogen-bond donors (Lipinski definition) is 0. The van der Waals surface area contributed by atoms with Crippen molar-refractivity contribution in [1.29, 1.82) is 0 Å². The van der Waals surface area contributed by atoms with Crippen LogP contribution in [0.2, 0.25) is 5.28 Å². The maximum absolute atomic E-state index is 12.6. The highest BCUT2D eigenvalue weighted by molar-refractivity contribution is 6.28. The van der Waals surface area contributed by atoms with Gasteiger partial charge in [-0.05, 0) is 18.5 Å². The highest BCUT2D eigenvalue weighted by atomic mass is 35.5. The Balaban J connectivity index is 2.07. The molecule has 2 aromatic rings. The van der Waals surface area contributed by atoms with Crippen LogP contribution in [0, 0.1) is 0 Å². The number of anilines is 1. The highest BCUT2D eigenvalue weighted by Crippen LogP contribution is 2.28. The van der Waals surface area contributed by atoms with Crippen LogP contribution in [0.1, 0.15) is 6.92 Å². The lowest BCUT2D eigenvalue weighted by atomic mass is 10.2. The molecule has 1 saturated heterocycles. The fourth-order valence-corrected chi connectivity index (χ4v) is 2.61. The van der Waals surface area contributed by atoms with Crippen LogP contribution in [0.25, 0.3) is 11.2 Å². The first kappa shape index (κ1) is 15.3. The number of aromatic nitrogens is 4. The Labute approximate surface area is 128 Å². The number of fused-ring (bicyclic) bond motifs is 1. The van der Waals surface area contributed by atoms with Gasteiger partial charge >= 0.3 is 6.18 Å². The fraction of sp³-hybridized carbons (Fsp3) is 0.583. The molecule has 0 saturated carbocycles. The number of imidazole rings is 1. The molecule has 10 heteroatoms. The molecule has 1 atom stereocenters. The van der Waals surface area contributed by atoms with E-state index in [0.717, 1.165) is 10.9 Å². The third-order valence-corrected chi connectivity index (χ3v) is 3.58. The smallest absolute Gasteiger partial charge is 0.377 e. The Morgan fingerprint density at radius 1 is 1.41 bits per heavy atom. The van der Waals surface area contributed by atoms with E-state index in [9.17, 15) is 13.2 Å².